The average Bonchev–Trinajstić information content (AvgIpc) is 2.53. The molecule has 2 aromatic rings. The molecule has 0 radical (unpaired) electrons. The number of amides is 1. The van der Waals surface area contributed by atoms with Gasteiger partial charge in [0.1, 0.15) is 5.75 Å². The molecule has 0 saturated carbocycles. The number of carbonyl (C=O) groups excluding carboxylic acids is 1. The summed E-state index contributed by atoms with van der Waals surface area (Å²) in [6, 6.07) is 13.4. The molecule has 0 fully saturated rings. The number of primary amides is 1. The first-order valence-electron chi connectivity index (χ1n) is 7.05. The van der Waals surface area contributed by atoms with Crippen LogP contribution < -0.4 is 15.8 Å². The van der Waals surface area contributed by atoms with Crippen molar-refractivity contribution in [3.05, 3.63) is 65.2 Å². The van der Waals surface area contributed by atoms with Gasteiger partial charge in [0.05, 0.1) is 7.11 Å². The molecule has 0 aliphatic heterocycles. The van der Waals surface area contributed by atoms with Crippen molar-refractivity contribution in [3.63, 3.8) is 0 Å². The predicted molar refractivity (Wildman–Crippen MR) is 90.2 cm³/mol. The van der Waals surface area contributed by atoms with Gasteiger partial charge in [-0.2, -0.15) is 0 Å². The first kappa shape index (κ1) is 15.6. The Bertz CT molecular complexity index is 693. The van der Waals surface area contributed by atoms with E-state index in [0.717, 1.165) is 22.6 Å². The number of ether oxygens (including phenoxy) is 1. The lowest BCUT2D eigenvalue weighted by atomic mass is 10.1. The molecule has 0 atom stereocenters. The van der Waals surface area contributed by atoms with Crippen molar-refractivity contribution in [3.8, 4) is 5.75 Å². The lowest BCUT2D eigenvalue weighted by Crippen LogP contribution is -2.13. The van der Waals surface area contributed by atoms with Crippen LogP contribution in [0, 0.1) is 6.92 Å². The van der Waals surface area contributed by atoms with Crippen LogP contribution in [0.4, 0.5) is 5.69 Å². The minimum atomic E-state index is -0.411. The maximum Gasteiger partial charge on any atom is 0.249 e. The number of aryl methyl sites for hydroxylation is 1. The molecule has 0 unspecified atom stereocenters. The van der Waals surface area contributed by atoms with E-state index < -0.39 is 5.91 Å². The van der Waals surface area contributed by atoms with Crippen LogP contribution in [0.1, 0.15) is 21.5 Å². The molecule has 22 heavy (non-hydrogen) atoms. The summed E-state index contributed by atoms with van der Waals surface area (Å²) in [4.78, 5) is 11.3. The summed E-state index contributed by atoms with van der Waals surface area (Å²) in [6.07, 6.45) is 4.00. The second-order valence-corrected chi connectivity index (χ2v) is 4.92. The van der Waals surface area contributed by atoms with Gasteiger partial charge in [0.15, 0.2) is 0 Å². The quantitative estimate of drug-likeness (QED) is 0.860. The zero-order valence-corrected chi connectivity index (χ0v) is 12.8. The zero-order chi connectivity index (χ0) is 15.9. The minimum absolute atomic E-state index is 0.411. The van der Waals surface area contributed by atoms with Crippen molar-refractivity contribution in [2.24, 2.45) is 5.73 Å². The molecule has 0 aliphatic rings. The second kappa shape index (κ2) is 7.31. The number of methoxy groups -OCH3 is 1. The number of hydrogen-bond acceptors (Lipinski definition) is 3. The Kier molecular flexibility index (Phi) is 5.20. The maximum absolute atomic E-state index is 11.3. The van der Waals surface area contributed by atoms with E-state index >= 15 is 0 Å². The van der Waals surface area contributed by atoms with Crippen molar-refractivity contribution in [2.45, 2.75) is 6.92 Å². The fourth-order valence-corrected chi connectivity index (χ4v) is 2.16. The highest BCUT2D eigenvalue weighted by Gasteiger charge is 2.05. The third-order valence-corrected chi connectivity index (χ3v) is 3.36. The molecule has 0 saturated heterocycles. The van der Waals surface area contributed by atoms with Crippen LogP contribution in [-0.2, 0) is 0 Å². The summed E-state index contributed by atoms with van der Waals surface area (Å²) in [5.41, 5.74) is 8.66. The van der Waals surface area contributed by atoms with Gasteiger partial charge in [0, 0.05) is 23.4 Å². The molecule has 2 rings (SSSR count). The predicted octanol–water partition coefficient (Wildman–Crippen LogP) is 3.23. The fraction of sp³-hybridized carbons (Fsp3) is 0.167. The van der Waals surface area contributed by atoms with Crippen LogP contribution >= 0.6 is 0 Å². The van der Waals surface area contributed by atoms with E-state index in [1.807, 2.05) is 55.5 Å². The van der Waals surface area contributed by atoms with Crippen molar-refractivity contribution in [1.29, 1.82) is 0 Å². The van der Waals surface area contributed by atoms with Gasteiger partial charge in [-0.15, -0.1) is 0 Å². The molecule has 114 valence electrons. The molecule has 0 bridgehead atoms. The highest BCUT2D eigenvalue weighted by molar-refractivity contribution is 5.95. The summed E-state index contributed by atoms with van der Waals surface area (Å²) in [5, 5.41) is 3.24. The smallest absolute Gasteiger partial charge is 0.249 e. The Morgan fingerprint density at radius 3 is 2.77 bits per heavy atom. The number of nitrogens with two attached hydrogens (primary N) is 1. The molecule has 0 aliphatic carbocycles. The van der Waals surface area contributed by atoms with Gasteiger partial charge >= 0.3 is 0 Å². The third-order valence-electron chi connectivity index (χ3n) is 3.36. The maximum atomic E-state index is 11.3. The standard InChI is InChI=1S/C18H20N2O2/c1-13-9-10-15(12-16(13)18(19)21)20-11-5-7-14-6-3-4-8-17(14)22-2/h3-10,12,20H,11H2,1-2H3,(H2,19,21). The van der Waals surface area contributed by atoms with E-state index in [4.69, 9.17) is 10.5 Å². The highest BCUT2D eigenvalue weighted by atomic mass is 16.5. The van der Waals surface area contributed by atoms with Crippen LogP contribution in [0.5, 0.6) is 5.75 Å². The molecule has 0 aromatic heterocycles. The minimum Gasteiger partial charge on any atom is -0.496 e. The van der Waals surface area contributed by atoms with Gasteiger partial charge in [-0.25, -0.2) is 0 Å². The second-order valence-electron chi connectivity index (χ2n) is 4.92. The third kappa shape index (κ3) is 3.88. The first-order valence-corrected chi connectivity index (χ1v) is 7.05. The lowest BCUT2D eigenvalue weighted by Gasteiger charge is -2.07. The van der Waals surface area contributed by atoms with Gasteiger partial charge in [0.2, 0.25) is 5.91 Å². The number of rotatable bonds is 6. The van der Waals surface area contributed by atoms with Crippen molar-refractivity contribution < 1.29 is 9.53 Å². The number of carbonyl (C=O) groups is 1. The summed E-state index contributed by atoms with van der Waals surface area (Å²) in [7, 11) is 1.66. The summed E-state index contributed by atoms with van der Waals surface area (Å²) in [5.74, 6) is 0.427. The largest absolute Gasteiger partial charge is 0.496 e. The molecule has 4 nitrogen and oxygen atoms in total. The zero-order valence-electron chi connectivity index (χ0n) is 12.8. The molecule has 3 N–H and O–H groups in total. The van der Waals surface area contributed by atoms with Crippen molar-refractivity contribution in [1.82, 2.24) is 0 Å². The number of hydrogen-bond donors (Lipinski definition) is 2. The summed E-state index contributed by atoms with van der Waals surface area (Å²) < 4.78 is 5.29. The van der Waals surface area contributed by atoms with E-state index in [-0.39, 0.29) is 0 Å². The van der Waals surface area contributed by atoms with Crippen molar-refractivity contribution in [2.75, 3.05) is 19.0 Å². The number of anilines is 1. The monoisotopic (exact) mass is 296 g/mol. The Morgan fingerprint density at radius 2 is 2.05 bits per heavy atom. The number of para-hydroxylation sites is 1. The SMILES string of the molecule is COc1ccccc1C=CCNc1ccc(C)c(C(N)=O)c1. The molecular formula is C18H20N2O2. The Morgan fingerprint density at radius 1 is 1.27 bits per heavy atom. The van der Waals surface area contributed by atoms with E-state index in [1.54, 1.807) is 13.2 Å². The van der Waals surface area contributed by atoms with Gasteiger partial charge in [-0.1, -0.05) is 36.4 Å². The van der Waals surface area contributed by atoms with Crippen LogP contribution in [0.3, 0.4) is 0 Å². The van der Waals surface area contributed by atoms with E-state index in [0.29, 0.717) is 12.1 Å². The van der Waals surface area contributed by atoms with Crippen LogP contribution in [0.2, 0.25) is 0 Å². The van der Waals surface area contributed by atoms with Gasteiger partial charge in [-0.05, 0) is 30.7 Å². The normalized spacial score (nSPS) is 10.6. The van der Waals surface area contributed by atoms with Crippen LogP contribution in [0.15, 0.2) is 48.5 Å². The number of nitrogens with one attached hydrogen (secondary N) is 1. The van der Waals surface area contributed by atoms with Crippen LogP contribution in [0.25, 0.3) is 6.08 Å². The van der Waals surface area contributed by atoms with E-state index in [1.165, 1.54) is 0 Å². The van der Waals surface area contributed by atoms with Gasteiger partial charge in [0.25, 0.3) is 0 Å². The van der Waals surface area contributed by atoms with Gasteiger partial charge < -0.3 is 15.8 Å². The average molecular weight is 296 g/mol. The summed E-state index contributed by atoms with van der Waals surface area (Å²) in [6.45, 7) is 2.50. The molecule has 0 heterocycles. The Balaban J connectivity index is 2.00. The topological polar surface area (TPSA) is 64.3 Å². The summed E-state index contributed by atoms with van der Waals surface area (Å²) >= 11 is 0. The first-order chi connectivity index (χ1) is 10.6. The molecule has 1 amide bonds. The molecule has 0 spiro atoms. The van der Waals surface area contributed by atoms with Crippen LogP contribution in [-0.4, -0.2) is 19.6 Å². The lowest BCUT2D eigenvalue weighted by molar-refractivity contribution is 0.1000. The highest BCUT2D eigenvalue weighted by Crippen LogP contribution is 2.19. The van der Waals surface area contributed by atoms with E-state index in [2.05, 4.69) is 5.32 Å². The van der Waals surface area contributed by atoms with E-state index in [9.17, 15) is 4.79 Å². The Labute approximate surface area is 130 Å². The molecule has 2 aromatic carbocycles. The molecule has 4 heteroatoms. The molecular weight excluding hydrogens is 276 g/mol. The van der Waals surface area contributed by atoms with Crippen molar-refractivity contribution >= 4 is 17.7 Å². The Hall–Kier alpha value is -2.75. The fourth-order valence-electron chi connectivity index (χ4n) is 2.16. The number of benzene rings is 2. The van der Waals surface area contributed by atoms with Gasteiger partial charge in [-0.3, -0.25) is 4.79 Å².